The monoisotopic (exact) mass is 464 g/mol. The van der Waals surface area contributed by atoms with E-state index in [1.807, 2.05) is 0 Å². The summed E-state index contributed by atoms with van der Waals surface area (Å²) in [7, 11) is -2.30. The van der Waals surface area contributed by atoms with E-state index in [1.165, 1.54) is 60.8 Å². The van der Waals surface area contributed by atoms with Gasteiger partial charge in [-0.3, -0.25) is 4.79 Å². The zero-order valence-corrected chi connectivity index (χ0v) is 18.4. The standard InChI is InChI=1S/C21H24N2O8S/c1-14(31-21(26)17-4-3-5-18(29-2)19(17)24)20(25)22-15-6-8-16(9-7-15)32(27,28)23-10-12-30-13-11-23/h3-9,14,24H,10-13H2,1-2H3,(H,22,25). The first-order valence-electron chi connectivity index (χ1n) is 9.80. The van der Waals surface area contributed by atoms with Gasteiger partial charge in [0.25, 0.3) is 5.91 Å². The molecule has 0 aliphatic carbocycles. The van der Waals surface area contributed by atoms with Crippen LogP contribution in [0.3, 0.4) is 0 Å². The molecule has 2 N–H and O–H groups in total. The van der Waals surface area contributed by atoms with Gasteiger partial charge in [-0.15, -0.1) is 0 Å². The molecule has 2 aromatic rings. The van der Waals surface area contributed by atoms with Gasteiger partial charge in [-0.2, -0.15) is 4.31 Å². The van der Waals surface area contributed by atoms with Crippen LogP contribution in [-0.4, -0.2) is 69.2 Å². The maximum atomic E-state index is 12.7. The van der Waals surface area contributed by atoms with Gasteiger partial charge in [0.15, 0.2) is 17.6 Å². The van der Waals surface area contributed by atoms with E-state index in [-0.39, 0.29) is 35.0 Å². The number of morpholine rings is 1. The van der Waals surface area contributed by atoms with Crippen molar-refractivity contribution in [3.8, 4) is 11.5 Å². The Balaban J connectivity index is 1.62. The molecule has 11 heteroatoms. The van der Waals surface area contributed by atoms with Crippen LogP contribution in [0.25, 0.3) is 0 Å². The van der Waals surface area contributed by atoms with Crippen LogP contribution in [0.1, 0.15) is 17.3 Å². The number of ether oxygens (including phenoxy) is 3. The maximum Gasteiger partial charge on any atom is 0.342 e. The molecule has 0 spiro atoms. The van der Waals surface area contributed by atoms with Crippen LogP contribution < -0.4 is 10.1 Å². The van der Waals surface area contributed by atoms with Gasteiger partial charge in [0.05, 0.1) is 25.2 Å². The minimum Gasteiger partial charge on any atom is -0.504 e. The molecule has 32 heavy (non-hydrogen) atoms. The van der Waals surface area contributed by atoms with Gasteiger partial charge in [0.2, 0.25) is 10.0 Å². The van der Waals surface area contributed by atoms with Crippen molar-refractivity contribution in [3.63, 3.8) is 0 Å². The van der Waals surface area contributed by atoms with E-state index < -0.39 is 28.0 Å². The molecule has 0 saturated carbocycles. The van der Waals surface area contributed by atoms with Crippen molar-refractivity contribution in [1.29, 1.82) is 0 Å². The summed E-state index contributed by atoms with van der Waals surface area (Å²) >= 11 is 0. The van der Waals surface area contributed by atoms with Gasteiger partial charge in [0.1, 0.15) is 5.56 Å². The highest BCUT2D eigenvalue weighted by molar-refractivity contribution is 7.89. The average Bonchev–Trinajstić information content (AvgIpc) is 2.80. The van der Waals surface area contributed by atoms with Crippen LogP contribution in [0.15, 0.2) is 47.4 Å². The third-order valence-corrected chi connectivity index (χ3v) is 6.73. The van der Waals surface area contributed by atoms with Gasteiger partial charge in [0, 0.05) is 18.8 Å². The highest BCUT2D eigenvalue weighted by Gasteiger charge is 2.26. The van der Waals surface area contributed by atoms with Crippen molar-refractivity contribution in [1.82, 2.24) is 4.31 Å². The number of nitrogens with one attached hydrogen (secondary N) is 1. The lowest BCUT2D eigenvalue weighted by atomic mass is 10.2. The molecule has 1 saturated heterocycles. The molecule has 1 unspecified atom stereocenters. The number of sulfonamides is 1. The summed E-state index contributed by atoms with van der Waals surface area (Å²) < 4.78 is 41.9. The molecule has 3 rings (SSSR count). The third-order valence-electron chi connectivity index (χ3n) is 4.82. The lowest BCUT2D eigenvalue weighted by molar-refractivity contribution is -0.123. The van der Waals surface area contributed by atoms with Gasteiger partial charge >= 0.3 is 5.97 Å². The number of benzene rings is 2. The summed E-state index contributed by atoms with van der Waals surface area (Å²) in [6.07, 6.45) is -1.18. The van der Waals surface area contributed by atoms with E-state index in [1.54, 1.807) is 0 Å². The number of hydrogen-bond donors (Lipinski definition) is 2. The molecule has 1 amide bonds. The number of carbonyl (C=O) groups excluding carboxylic acids is 2. The second-order valence-corrected chi connectivity index (χ2v) is 8.87. The number of rotatable bonds is 7. The molecule has 2 aromatic carbocycles. The van der Waals surface area contributed by atoms with Crippen LogP contribution in [0, 0.1) is 0 Å². The molecular weight excluding hydrogens is 440 g/mol. The second kappa shape index (κ2) is 9.98. The van der Waals surface area contributed by atoms with Gasteiger partial charge in [-0.05, 0) is 43.3 Å². The lowest BCUT2D eigenvalue weighted by Crippen LogP contribution is -2.40. The normalized spacial score (nSPS) is 15.6. The van der Waals surface area contributed by atoms with Crippen molar-refractivity contribution in [2.75, 3.05) is 38.7 Å². The van der Waals surface area contributed by atoms with Crippen molar-refractivity contribution >= 4 is 27.6 Å². The van der Waals surface area contributed by atoms with Gasteiger partial charge in [-0.1, -0.05) is 6.07 Å². The first kappa shape index (κ1) is 23.5. The van der Waals surface area contributed by atoms with E-state index in [2.05, 4.69) is 5.32 Å². The number of aromatic hydroxyl groups is 1. The summed E-state index contributed by atoms with van der Waals surface area (Å²) in [5, 5.41) is 12.6. The van der Waals surface area contributed by atoms with Gasteiger partial charge < -0.3 is 24.6 Å². The molecule has 1 aliphatic heterocycles. The van der Waals surface area contributed by atoms with Crippen LogP contribution in [0.2, 0.25) is 0 Å². The molecule has 1 atom stereocenters. The summed E-state index contributed by atoms with van der Waals surface area (Å²) in [5.41, 5.74) is 0.199. The molecule has 1 fully saturated rings. The first-order chi connectivity index (χ1) is 15.2. The number of anilines is 1. The minimum absolute atomic E-state index is 0.101. The Kier molecular flexibility index (Phi) is 7.33. The fourth-order valence-electron chi connectivity index (χ4n) is 3.02. The third kappa shape index (κ3) is 5.18. The largest absolute Gasteiger partial charge is 0.504 e. The van der Waals surface area contributed by atoms with Crippen molar-refractivity contribution in [3.05, 3.63) is 48.0 Å². The number of amides is 1. The van der Waals surface area contributed by atoms with E-state index in [0.29, 0.717) is 18.9 Å². The summed E-state index contributed by atoms with van der Waals surface area (Å²) in [4.78, 5) is 24.8. The van der Waals surface area contributed by atoms with Crippen LogP contribution in [0.4, 0.5) is 5.69 Å². The summed E-state index contributed by atoms with van der Waals surface area (Å²) in [6, 6.07) is 10.0. The van der Waals surface area contributed by atoms with Crippen LogP contribution in [-0.2, 0) is 24.3 Å². The van der Waals surface area contributed by atoms with Crippen LogP contribution >= 0.6 is 0 Å². The Bertz CT molecular complexity index is 1080. The van der Waals surface area contributed by atoms with E-state index >= 15 is 0 Å². The van der Waals surface area contributed by atoms with Gasteiger partial charge in [-0.25, -0.2) is 13.2 Å². The molecular formula is C21H24N2O8S. The highest BCUT2D eigenvalue weighted by atomic mass is 32.2. The Hall–Kier alpha value is -3.15. The SMILES string of the molecule is COc1cccc(C(=O)OC(C)C(=O)Nc2ccc(S(=O)(=O)N3CCOCC3)cc2)c1O. The fourth-order valence-corrected chi connectivity index (χ4v) is 4.43. The van der Waals surface area contributed by atoms with Crippen molar-refractivity contribution < 1.29 is 37.3 Å². The number of esters is 1. The zero-order chi connectivity index (χ0) is 23.3. The van der Waals surface area contributed by atoms with Crippen molar-refractivity contribution in [2.24, 2.45) is 0 Å². The predicted molar refractivity (Wildman–Crippen MR) is 114 cm³/mol. The number of hydrogen-bond acceptors (Lipinski definition) is 8. The number of phenols is 1. The fraction of sp³-hybridized carbons (Fsp3) is 0.333. The molecule has 0 bridgehead atoms. The predicted octanol–water partition coefficient (Wildman–Crippen LogP) is 1.61. The number of phenolic OH excluding ortho intramolecular Hbond substituents is 1. The summed E-state index contributed by atoms with van der Waals surface area (Å²) in [5.74, 6) is -1.80. The Morgan fingerprint density at radius 1 is 1.12 bits per heavy atom. The number of para-hydroxylation sites is 1. The molecule has 0 aromatic heterocycles. The van der Waals surface area contributed by atoms with E-state index in [4.69, 9.17) is 14.2 Å². The van der Waals surface area contributed by atoms with E-state index in [0.717, 1.165) is 0 Å². The zero-order valence-electron chi connectivity index (χ0n) is 17.6. The number of methoxy groups -OCH3 is 1. The van der Waals surface area contributed by atoms with Crippen LogP contribution in [0.5, 0.6) is 11.5 Å². The number of carbonyl (C=O) groups is 2. The first-order valence-corrected chi connectivity index (χ1v) is 11.2. The number of nitrogens with zero attached hydrogens (tertiary/aromatic N) is 1. The Morgan fingerprint density at radius 2 is 1.78 bits per heavy atom. The Morgan fingerprint density at radius 3 is 2.41 bits per heavy atom. The van der Waals surface area contributed by atoms with Crippen molar-refractivity contribution in [2.45, 2.75) is 17.9 Å². The average molecular weight is 464 g/mol. The summed E-state index contributed by atoms with van der Waals surface area (Å²) in [6.45, 7) is 2.63. The molecule has 0 radical (unpaired) electrons. The molecule has 10 nitrogen and oxygen atoms in total. The Labute approximate surface area is 185 Å². The molecule has 1 heterocycles. The topological polar surface area (TPSA) is 131 Å². The molecule has 172 valence electrons. The molecule has 1 aliphatic rings. The smallest absolute Gasteiger partial charge is 0.342 e. The maximum absolute atomic E-state index is 12.7. The van der Waals surface area contributed by atoms with E-state index in [9.17, 15) is 23.1 Å². The lowest BCUT2D eigenvalue weighted by Gasteiger charge is -2.26. The second-order valence-electron chi connectivity index (χ2n) is 6.93. The quantitative estimate of drug-likeness (QED) is 0.591. The minimum atomic E-state index is -3.64. The highest BCUT2D eigenvalue weighted by Crippen LogP contribution is 2.30.